The Balaban J connectivity index is 1.57. The van der Waals surface area contributed by atoms with Gasteiger partial charge in [0.25, 0.3) is 0 Å². The molecular formula is C21H33O5P. The summed E-state index contributed by atoms with van der Waals surface area (Å²) in [6.07, 6.45) is 9.59. The molecule has 0 aliphatic heterocycles. The molecule has 7 atom stereocenters. The second-order valence-corrected chi connectivity index (χ2v) is 11.0. The quantitative estimate of drug-likeness (QED) is 0.674. The molecule has 0 heterocycles. The van der Waals surface area contributed by atoms with Crippen LogP contribution in [-0.2, 0) is 18.4 Å². The number of hydrogen-bond donors (Lipinski definition) is 1. The first-order valence-corrected chi connectivity index (χ1v) is 12.1. The summed E-state index contributed by atoms with van der Waals surface area (Å²) in [6.45, 7) is 6.52. The summed E-state index contributed by atoms with van der Waals surface area (Å²) in [6, 6.07) is 0. The summed E-state index contributed by atoms with van der Waals surface area (Å²) in [5.41, 5.74) is 1.48. The summed E-state index contributed by atoms with van der Waals surface area (Å²) in [5.74, 6) is 2.07. The lowest BCUT2D eigenvalue weighted by molar-refractivity contribution is -0.117. The molecule has 1 N–H and O–H groups in total. The van der Waals surface area contributed by atoms with Gasteiger partial charge in [-0.3, -0.25) is 13.8 Å². The van der Waals surface area contributed by atoms with Gasteiger partial charge >= 0.3 is 7.82 Å². The van der Waals surface area contributed by atoms with Gasteiger partial charge in [-0.25, -0.2) is 4.57 Å². The molecule has 3 fully saturated rings. The Morgan fingerprint density at radius 3 is 2.67 bits per heavy atom. The number of phosphoric ester groups is 1. The average Bonchev–Trinajstić information content (AvgIpc) is 2.91. The monoisotopic (exact) mass is 396 g/mol. The van der Waals surface area contributed by atoms with E-state index in [0.717, 1.165) is 44.9 Å². The van der Waals surface area contributed by atoms with Crippen LogP contribution in [0, 0.1) is 28.6 Å². The topological polar surface area (TPSA) is 72.8 Å². The molecule has 0 aromatic rings. The first-order chi connectivity index (χ1) is 12.7. The van der Waals surface area contributed by atoms with E-state index in [1.807, 2.05) is 6.08 Å². The van der Waals surface area contributed by atoms with Gasteiger partial charge in [0.05, 0.1) is 12.7 Å². The van der Waals surface area contributed by atoms with E-state index in [4.69, 9.17) is 9.05 Å². The lowest BCUT2D eigenvalue weighted by atomic mass is 9.47. The van der Waals surface area contributed by atoms with E-state index in [-0.39, 0.29) is 23.5 Å². The van der Waals surface area contributed by atoms with Crippen molar-refractivity contribution in [2.24, 2.45) is 28.6 Å². The zero-order valence-corrected chi connectivity index (χ0v) is 17.7. The highest BCUT2D eigenvalue weighted by molar-refractivity contribution is 7.47. The van der Waals surface area contributed by atoms with Crippen LogP contribution >= 0.6 is 7.82 Å². The van der Waals surface area contributed by atoms with E-state index in [1.54, 1.807) is 6.92 Å². The van der Waals surface area contributed by atoms with E-state index in [2.05, 4.69) is 13.8 Å². The maximum atomic E-state index is 12.2. The van der Waals surface area contributed by atoms with Gasteiger partial charge in [-0.15, -0.1) is 0 Å². The Bertz CT molecular complexity index is 703. The Hall–Kier alpha value is -0.480. The third kappa shape index (κ3) is 3.19. The van der Waals surface area contributed by atoms with Crippen LogP contribution in [0.2, 0.25) is 0 Å². The number of carbonyl (C=O) groups excluding carboxylic acids is 1. The van der Waals surface area contributed by atoms with Crippen LogP contribution in [0.5, 0.6) is 0 Å². The minimum atomic E-state index is -3.97. The molecule has 0 amide bonds. The largest absolute Gasteiger partial charge is 0.472 e. The third-order valence-electron chi connectivity index (χ3n) is 8.43. The highest BCUT2D eigenvalue weighted by Crippen LogP contribution is 2.67. The van der Waals surface area contributed by atoms with Crippen molar-refractivity contribution in [1.29, 1.82) is 0 Å². The predicted octanol–water partition coefficient (Wildman–Crippen LogP) is 5.04. The van der Waals surface area contributed by atoms with Gasteiger partial charge in [-0.2, -0.15) is 0 Å². The minimum absolute atomic E-state index is 0.0568. The van der Waals surface area contributed by atoms with Gasteiger partial charge in [0.1, 0.15) is 0 Å². The van der Waals surface area contributed by atoms with Crippen LogP contribution < -0.4 is 0 Å². The third-order valence-corrected chi connectivity index (χ3v) is 9.53. The molecular weight excluding hydrogens is 363 g/mol. The molecule has 3 saturated carbocycles. The number of ketones is 1. The van der Waals surface area contributed by atoms with Crippen molar-refractivity contribution in [2.45, 2.75) is 78.2 Å². The fourth-order valence-corrected chi connectivity index (χ4v) is 8.09. The van der Waals surface area contributed by atoms with Gasteiger partial charge < -0.3 is 4.89 Å². The summed E-state index contributed by atoms with van der Waals surface area (Å²) in [5, 5.41) is 0. The molecule has 27 heavy (non-hydrogen) atoms. The van der Waals surface area contributed by atoms with Crippen LogP contribution in [0.3, 0.4) is 0 Å². The van der Waals surface area contributed by atoms with E-state index >= 15 is 0 Å². The zero-order chi connectivity index (χ0) is 19.4. The number of hydrogen-bond acceptors (Lipinski definition) is 4. The molecule has 0 aromatic heterocycles. The molecule has 5 nitrogen and oxygen atoms in total. The molecule has 0 aromatic carbocycles. The van der Waals surface area contributed by atoms with Gasteiger partial charge in [0.2, 0.25) is 0 Å². The molecule has 0 spiro atoms. The molecule has 0 saturated heterocycles. The fourth-order valence-electron chi connectivity index (χ4n) is 7.04. The smallest absolute Gasteiger partial charge is 0.302 e. The number of fused-ring (bicyclic) bond motifs is 5. The van der Waals surface area contributed by atoms with Gasteiger partial charge in [-0.05, 0) is 86.5 Å². The highest BCUT2D eigenvalue weighted by Gasteiger charge is 2.60. The Morgan fingerprint density at radius 1 is 1.15 bits per heavy atom. The van der Waals surface area contributed by atoms with Gasteiger partial charge in [0, 0.05) is 6.42 Å². The van der Waals surface area contributed by atoms with Gasteiger partial charge in [-0.1, -0.05) is 19.4 Å². The van der Waals surface area contributed by atoms with Crippen molar-refractivity contribution in [3.63, 3.8) is 0 Å². The molecule has 4 rings (SSSR count). The standard InChI is InChI=1S/C21H33O5P/c1-4-25-27(23,24)26-19-8-7-17-16-6-5-14-13-15(22)9-11-20(14,2)18(16)10-12-21(17,19)3/h13,16-19H,4-12H2,1-3H3,(H,23,24)/t16-,17-,18-,19-,20-,21-/m0/s1. The minimum Gasteiger partial charge on any atom is -0.302 e. The van der Waals surface area contributed by atoms with Crippen LogP contribution in [0.4, 0.5) is 0 Å². The lowest BCUT2D eigenvalue weighted by Crippen LogP contribution is -2.51. The fraction of sp³-hybridized carbons (Fsp3) is 0.857. The van der Waals surface area contributed by atoms with Crippen molar-refractivity contribution in [3.05, 3.63) is 11.6 Å². The van der Waals surface area contributed by atoms with Gasteiger partial charge in [0.15, 0.2) is 5.78 Å². The molecule has 4 aliphatic carbocycles. The van der Waals surface area contributed by atoms with Crippen LogP contribution in [0.1, 0.15) is 72.1 Å². The SMILES string of the molecule is CCOP(=O)(O)O[C@H]1CC[C@H]2[C@@H]3CCC4=CC(=O)CC[C@]4(C)[C@H]3CC[C@]12C. The maximum absolute atomic E-state index is 12.2. The number of rotatable bonds is 4. The lowest BCUT2D eigenvalue weighted by Gasteiger charge is -2.57. The normalized spacial score (nSPS) is 46.1. The Labute approximate surface area is 162 Å². The highest BCUT2D eigenvalue weighted by atomic mass is 31.2. The first-order valence-electron chi connectivity index (χ1n) is 10.6. The maximum Gasteiger partial charge on any atom is 0.472 e. The predicted molar refractivity (Wildman–Crippen MR) is 103 cm³/mol. The van der Waals surface area contributed by atoms with E-state index < -0.39 is 7.82 Å². The number of phosphoric acid groups is 1. The van der Waals surface area contributed by atoms with Crippen molar-refractivity contribution < 1.29 is 23.3 Å². The molecule has 152 valence electrons. The zero-order valence-electron chi connectivity index (χ0n) is 16.8. The van der Waals surface area contributed by atoms with Crippen LogP contribution in [0.15, 0.2) is 11.6 Å². The molecule has 0 bridgehead atoms. The van der Waals surface area contributed by atoms with E-state index in [0.29, 0.717) is 30.0 Å². The average molecular weight is 396 g/mol. The van der Waals surface area contributed by atoms with E-state index in [1.165, 1.54) is 5.57 Å². The second-order valence-electron chi connectivity index (χ2n) is 9.57. The second kappa shape index (κ2) is 6.79. The molecule has 0 radical (unpaired) electrons. The van der Waals surface area contributed by atoms with Crippen molar-refractivity contribution in [1.82, 2.24) is 0 Å². The molecule has 6 heteroatoms. The Morgan fingerprint density at radius 2 is 1.93 bits per heavy atom. The van der Waals surface area contributed by atoms with Crippen molar-refractivity contribution in [3.8, 4) is 0 Å². The first kappa shape index (κ1) is 19.8. The number of allylic oxidation sites excluding steroid dienone is 1. The van der Waals surface area contributed by atoms with Crippen molar-refractivity contribution >= 4 is 13.6 Å². The van der Waals surface area contributed by atoms with E-state index in [9.17, 15) is 14.3 Å². The van der Waals surface area contributed by atoms with Crippen LogP contribution in [0.25, 0.3) is 0 Å². The molecule has 1 unspecified atom stereocenters. The summed E-state index contributed by atoms with van der Waals surface area (Å²) in [4.78, 5) is 21.9. The summed E-state index contributed by atoms with van der Waals surface area (Å²) >= 11 is 0. The summed E-state index contributed by atoms with van der Waals surface area (Å²) in [7, 11) is -3.97. The Kier molecular flexibility index (Phi) is 4.99. The molecule has 4 aliphatic rings. The summed E-state index contributed by atoms with van der Waals surface area (Å²) < 4.78 is 22.8. The van der Waals surface area contributed by atoms with Crippen molar-refractivity contribution in [2.75, 3.05) is 6.61 Å². The van der Waals surface area contributed by atoms with Crippen LogP contribution in [-0.4, -0.2) is 23.4 Å². The number of carbonyl (C=O) groups is 1.